The van der Waals surface area contributed by atoms with Crippen LogP contribution in [0.5, 0.6) is 0 Å². The summed E-state index contributed by atoms with van der Waals surface area (Å²) in [4.78, 5) is 0. The molecule has 0 unspecified atom stereocenters. The van der Waals surface area contributed by atoms with Crippen LogP contribution >= 0.6 is 11.6 Å². The van der Waals surface area contributed by atoms with Gasteiger partial charge in [-0.15, -0.1) is 0 Å². The van der Waals surface area contributed by atoms with E-state index in [1.807, 2.05) is 0 Å². The third-order valence-corrected chi connectivity index (χ3v) is 1.90. The van der Waals surface area contributed by atoms with Crippen LogP contribution in [0.15, 0.2) is 18.2 Å². The molecule has 1 aromatic rings. The zero-order chi connectivity index (χ0) is 10.0. The Balaban J connectivity index is 3.07. The Kier molecular flexibility index (Phi) is 3.17. The molecule has 0 radical (unpaired) electrons. The van der Waals surface area contributed by atoms with Crippen LogP contribution in [0.25, 0.3) is 0 Å². The van der Waals surface area contributed by atoms with Gasteiger partial charge in [0.2, 0.25) is 0 Å². The molecule has 0 bridgehead atoms. The van der Waals surface area contributed by atoms with Crippen LogP contribution in [-0.4, -0.2) is 6.43 Å². The van der Waals surface area contributed by atoms with Gasteiger partial charge in [0.15, 0.2) is 0 Å². The van der Waals surface area contributed by atoms with Gasteiger partial charge in [-0.2, -0.15) is 0 Å². The summed E-state index contributed by atoms with van der Waals surface area (Å²) < 4.78 is 37.2. The fourth-order valence-corrected chi connectivity index (χ4v) is 1.10. The van der Waals surface area contributed by atoms with Crippen LogP contribution in [0.3, 0.4) is 0 Å². The molecule has 13 heavy (non-hydrogen) atoms. The van der Waals surface area contributed by atoms with Crippen molar-refractivity contribution in [2.24, 2.45) is 5.73 Å². The fourth-order valence-electron chi connectivity index (χ4n) is 0.914. The molecule has 0 aliphatic carbocycles. The van der Waals surface area contributed by atoms with Crippen molar-refractivity contribution in [2.75, 3.05) is 0 Å². The summed E-state index contributed by atoms with van der Waals surface area (Å²) in [7, 11) is 0. The summed E-state index contributed by atoms with van der Waals surface area (Å²) in [6.45, 7) is 0. The molecule has 0 spiro atoms. The van der Waals surface area contributed by atoms with Gasteiger partial charge >= 0.3 is 0 Å². The van der Waals surface area contributed by atoms with Crippen LogP contribution < -0.4 is 5.73 Å². The molecule has 0 fully saturated rings. The minimum absolute atomic E-state index is 0.200. The van der Waals surface area contributed by atoms with Gasteiger partial charge in [-0.05, 0) is 6.07 Å². The molecule has 0 saturated carbocycles. The van der Waals surface area contributed by atoms with E-state index < -0.39 is 18.3 Å². The lowest BCUT2D eigenvalue weighted by Crippen LogP contribution is -2.20. The van der Waals surface area contributed by atoms with E-state index >= 15 is 0 Å². The first-order chi connectivity index (χ1) is 6.04. The first kappa shape index (κ1) is 10.3. The van der Waals surface area contributed by atoms with Crippen molar-refractivity contribution in [3.05, 3.63) is 34.6 Å². The SMILES string of the molecule is N[C@@H](c1cccc(Cl)c1F)C(F)F. The van der Waals surface area contributed by atoms with Gasteiger partial charge < -0.3 is 5.73 Å². The Morgan fingerprint density at radius 1 is 1.31 bits per heavy atom. The Hall–Kier alpha value is -0.740. The second kappa shape index (κ2) is 3.98. The van der Waals surface area contributed by atoms with Crippen LogP contribution in [-0.2, 0) is 0 Å². The van der Waals surface area contributed by atoms with Crippen LogP contribution in [0, 0.1) is 5.82 Å². The molecule has 0 aromatic heterocycles. The molecule has 0 aliphatic heterocycles. The van der Waals surface area contributed by atoms with E-state index in [0.29, 0.717) is 0 Å². The highest BCUT2D eigenvalue weighted by Gasteiger charge is 2.21. The maximum absolute atomic E-state index is 13.1. The van der Waals surface area contributed by atoms with Crippen molar-refractivity contribution in [1.29, 1.82) is 0 Å². The van der Waals surface area contributed by atoms with Crippen LogP contribution in [0.4, 0.5) is 13.2 Å². The molecule has 0 heterocycles. The average Bonchev–Trinajstić information content (AvgIpc) is 2.08. The third kappa shape index (κ3) is 2.14. The normalized spacial score (nSPS) is 13.4. The van der Waals surface area contributed by atoms with E-state index in [1.54, 1.807) is 0 Å². The van der Waals surface area contributed by atoms with Crippen molar-refractivity contribution in [1.82, 2.24) is 0 Å². The minimum atomic E-state index is -2.80. The van der Waals surface area contributed by atoms with Gasteiger partial charge in [0.05, 0.1) is 11.1 Å². The Morgan fingerprint density at radius 3 is 2.46 bits per heavy atom. The molecule has 72 valence electrons. The average molecular weight is 210 g/mol. The van der Waals surface area contributed by atoms with Crippen molar-refractivity contribution in [3.8, 4) is 0 Å². The van der Waals surface area contributed by atoms with Crippen LogP contribution in [0.2, 0.25) is 5.02 Å². The van der Waals surface area contributed by atoms with E-state index in [1.165, 1.54) is 18.2 Å². The van der Waals surface area contributed by atoms with Crippen molar-refractivity contribution < 1.29 is 13.2 Å². The maximum atomic E-state index is 13.1. The largest absolute Gasteiger partial charge is 0.319 e. The first-order valence-electron chi connectivity index (χ1n) is 3.51. The molecule has 1 rings (SSSR count). The highest BCUT2D eigenvalue weighted by molar-refractivity contribution is 6.30. The number of hydrogen-bond donors (Lipinski definition) is 1. The molecule has 0 aliphatic rings. The molecule has 0 saturated heterocycles. The van der Waals surface area contributed by atoms with Crippen molar-refractivity contribution in [3.63, 3.8) is 0 Å². The summed E-state index contributed by atoms with van der Waals surface area (Å²) >= 11 is 5.39. The number of hydrogen-bond acceptors (Lipinski definition) is 1. The quantitative estimate of drug-likeness (QED) is 0.796. The number of alkyl halides is 2. The highest BCUT2D eigenvalue weighted by atomic mass is 35.5. The molecule has 5 heteroatoms. The van der Waals surface area contributed by atoms with Crippen LogP contribution in [0.1, 0.15) is 11.6 Å². The zero-order valence-electron chi connectivity index (χ0n) is 6.48. The Morgan fingerprint density at radius 2 is 1.92 bits per heavy atom. The van der Waals surface area contributed by atoms with Gasteiger partial charge in [0.25, 0.3) is 6.43 Å². The maximum Gasteiger partial charge on any atom is 0.257 e. The molecule has 2 N–H and O–H groups in total. The molecular weight excluding hydrogens is 203 g/mol. The zero-order valence-corrected chi connectivity index (χ0v) is 7.23. The number of benzene rings is 1. The predicted octanol–water partition coefficient (Wildman–Crippen LogP) is 2.74. The van der Waals surface area contributed by atoms with Gasteiger partial charge in [0, 0.05) is 5.56 Å². The summed E-state index contributed by atoms with van der Waals surface area (Å²) in [5.41, 5.74) is 4.80. The van der Waals surface area contributed by atoms with E-state index in [0.717, 1.165) is 0 Å². The monoisotopic (exact) mass is 209 g/mol. The van der Waals surface area contributed by atoms with Crippen molar-refractivity contribution >= 4 is 11.6 Å². The van der Waals surface area contributed by atoms with Gasteiger partial charge in [-0.1, -0.05) is 23.7 Å². The number of rotatable bonds is 2. The lowest BCUT2D eigenvalue weighted by Gasteiger charge is -2.11. The first-order valence-corrected chi connectivity index (χ1v) is 3.89. The van der Waals surface area contributed by atoms with E-state index in [4.69, 9.17) is 17.3 Å². The molecule has 1 nitrogen and oxygen atoms in total. The standard InChI is InChI=1S/C8H7ClF3N/c9-5-3-1-2-4(6(5)10)7(13)8(11)12/h1-3,7-8H,13H2/t7-/m0/s1. The van der Waals surface area contributed by atoms with Crippen molar-refractivity contribution in [2.45, 2.75) is 12.5 Å². The Labute approximate surface area is 78.3 Å². The molecule has 1 atom stereocenters. The number of halogens is 4. The lowest BCUT2D eigenvalue weighted by atomic mass is 10.1. The summed E-state index contributed by atoms with van der Waals surface area (Å²) in [5, 5.41) is -0.200. The van der Waals surface area contributed by atoms with E-state index in [9.17, 15) is 13.2 Å². The Bertz CT molecular complexity index is 303. The molecule has 0 amide bonds. The smallest absolute Gasteiger partial charge is 0.257 e. The van der Waals surface area contributed by atoms with Gasteiger partial charge in [-0.25, -0.2) is 13.2 Å². The predicted molar refractivity (Wildman–Crippen MR) is 44.3 cm³/mol. The second-order valence-corrected chi connectivity index (χ2v) is 2.91. The van der Waals surface area contributed by atoms with E-state index in [2.05, 4.69) is 0 Å². The lowest BCUT2D eigenvalue weighted by molar-refractivity contribution is 0.115. The second-order valence-electron chi connectivity index (χ2n) is 2.50. The summed E-state index contributed by atoms with van der Waals surface area (Å²) in [5.74, 6) is -0.878. The summed E-state index contributed by atoms with van der Waals surface area (Å²) in [6, 6.07) is 2.22. The highest BCUT2D eigenvalue weighted by Crippen LogP contribution is 2.25. The van der Waals surface area contributed by atoms with E-state index in [-0.39, 0.29) is 10.6 Å². The molecular formula is C8H7ClF3N. The minimum Gasteiger partial charge on any atom is -0.319 e. The fraction of sp³-hybridized carbons (Fsp3) is 0.250. The molecule has 1 aromatic carbocycles. The topological polar surface area (TPSA) is 26.0 Å². The van der Waals surface area contributed by atoms with Gasteiger partial charge in [0.1, 0.15) is 5.82 Å². The number of nitrogens with two attached hydrogens (primary N) is 1. The third-order valence-electron chi connectivity index (χ3n) is 1.61. The van der Waals surface area contributed by atoms with Gasteiger partial charge in [-0.3, -0.25) is 0 Å². The summed E-state index contributed by atoms with van der Waals surface area (Å²) in [6.07, 6.45) is -2.80.